The summed E-state index contributed by atoms with van der Waals surface area (Å²) in [4.78, 5) is 15.2. The number of fused-ring (bicyclic) bond motifs is 3. The Hall–Kier alpha value is -5.11. The number of para-hydroxylation sites is 2. The number of nitrogens with zero attached hydrogens (tertiary/aromatic N) is 3. The van der Waals surface area contributed by atoms with E-state index in [0.29, 0.717) is 17.5 Å². The molecule has 1 saturated heterocycles. The van der Waals surface area contributed by atoms with Crippen LogP contribution in [0.25, 0.3) is 67.2 Å². The molecule has 7 aromatic rings. The van der Waals surface area contributed by atoms with Gasteiger partial charge in [-0.1, -0.05) is 103 Å². The first-order chi connectivity index (χ1) is 22.6. The highest BCUT2D eigenvalue weighted by atomic mass is 16.7. The lowest BCUT2D eigenvalue weighted by Gasteiger charge is -2.32. The minimum Gasteiger partial charge on any atom is -0.455 e. The Kier molecular flexibility index (Phi) is 6.86. The van der Waals surface area contributed by atoms with Crippen LogP contribution in [0.4, 0.5) is 0 Å². The molecular weight excluding hydrogens is 581 g/mol. The summed E-state index contributed by atoms with van der Waals surface area (Å²) in [6, 6.07) is 39.1. The van der Waals surface area contributed by atoms with E-state index in [-0.39, 0.29) is 0 Å². The first-order valence-electron chi connectivity index (χ1n) is 16.0. The van der Waals surface area contributed by atoms with Crippen molar-refractivity contribution in [3.63, 3.8) is 0 Å². The minimum atomic E-state index is -0.504. The van der Waals surface area contributed by atoms with Gasteiger partial charge in [0.1, 0.15) is 11.2 Å². The van der Waals surface area contributed by atoms with Crippen LogP contribution < -0.4 is 5.46 Å². The van der Waals surface area contributed by atoms with E-state index in [4.69, 9.17) is 28.7 Å². The largest absolute Gasteiger partial charge is 0.494 e. The van der Waals surface area contributed by atoms with Crippen LogP contribution in [0.1, 0.15) is 33.3 Å². The number of aromatic nitrogens is 3. The van der Waals surface area contributed by atoms with E-state index in [1.54, 1.807) is 0 Å². The van der Waals surface area contributed by atoms with Crippen LogP contribution in [-0.4, -0.2) is 33.3 Å². The highest BCUT2D eigenvalue weighted by Crippen LogP contribution is 2.38. The molecule has 2 aromatic heterocycles. The topological polar surface area (TPSA) is 70.3 Å². The molecule has 0 bridgehead atoms. The van der Waals surface area contributed by atoms with Crippen molar-refractivity contribution in [2.75, 3.05) is 0 Å². The molecule has 1 aliphatic rings. The standard InChI is InChI=1S/C40H34BN3O3/c1-25-19-21-26(22-20-25)27-11-8-12-28(23-27)36-42-37(29-13-9-14-30(24-29)41-46-39(2,3)40(4,5)47-41)44-38(43-36)33-17-10-16-32-31-15-6-7-18-34(31)45-35(32)33/h6-24H,1-5H3. The third-order valence-electron chi connectivity index (χ3n) is 9.46. The quantitative estimate of drug-likeness (QED) is 0.180. The molecular formula is C40H34BN3O3. The minimum absolute atomic E-state index is 0.449. The first-order valence-corrected chi connectivity index (χ1v) is 16.0. The Morgan fingerprint density at radius 3 is 1.87 bits per heavy atom. The number of aryl methyl sites for hydroxylation is 1. The van der Waals surface area contributed by atoms with Gasteiger partial charge in [-0.25, -0.2) is 15.0 Å². The molecule has 0 spiro atoms. The Bertz CT molecular complexity index is 2280. The highest BCUT2D eigenvalue weighted by Gasteiger charge is 2.51. The molecule has 0 saturated carbocycles. The SMILES string of the molecule is Cc1ccc(-c2cccc(-c3nc(-c4cccc(B5OC(C)(C)C(C)(C)O5)c4)nc(-c4cccc5c4oc4ccccc45)n3)c2)cc1. The number of furan rings is 1. The van der Waals surface area contributed by atoms with E-state index in [1.807, 2.05) is 60.7 Å². The zero-order chi connectivity index (χ0) is 32.3. The lowest BCUT2D eigenvalue weighted by Crippen LogP contribution is -2.41. The molecule has 1 fully saturated rings. The van der Waals surface area contributed by atoms with E-state index in [0.717, 1.165) is 55.2 Å². The molecule has 0 N–H and O–H groups in total. The third-order valence-corrected chi connectivity index (χ3v) is 9.46. The molecule has 47 heavy (non-hydrogen) atoms. The summed E-state index contributed by atoms with van der Waals surface area (Å²) in [6.45, 7) is 10.3. The molecule has 230 valence electrons. The van der Waals surface area contributed by atoms with Gasteiger partial charge < -0.3 is 13.7 Å². The van der Waals surface area contributed by atoms with E-state index in [2.05, 4.69) is 89.2 Å². The van der Waals surface area contributed by atoms with Gasteiger partial charge in [0, 0.05) is 21.9 Å². The predicted molar refractivity (Wildman–Crippen MR) is 189 cm³/mol. The van der Waals surface area contributed by atoms with Gasteiger partial charge in [-0.3, -0.25) is 0 Å². The van der Waals surface area contributed by atoms with Crippen LogP contribution in [0.15, 0.2) is 120 Å². The van der Waals surface area contributed by atoms with E-state index in [1.165, 1.54) is 5.56 Å². The molecule has 7 heteroatoms. The lowest BCUT2D eigenvalue weighted by atomic mass is 9.78. The molecule has 6 nitrogen and oxygen atoms in total. The number of rotatable bonds is 5. The summed E-state index contributed by atoms with van der Waals surface area (Å²) < 4.78 is 19.2. The molecule has 0 atom stereocenters. The first kappa shape index (κ1) is 29.3. The van der Waals surface area contributed by atoms with Crippen LogP contribution in [-0.2, 0) is 9.31 Å². The number of hydrogen-bond donors (Lipinski definition) is 0. The van der Waals surface area contributed by atoms with Crippen LogP contribution in [0, 0.1) is 6.92 Å². The molecule has 0 amide bonds. The fourth-order valence-corrected chi connectivity index (χ4v) is 6.07. The van der Waals surface area contributed by atoms with E-state index >= 15 is 0 Å². The normalized spacial score (nSPS) is 15.5. The zero-order valence-electron chi connectivity index (χ0n) is 27.1. The van der Waals surface area contributed by atoms with Crippen molar-refractivity contribution in [2.24, 2.45) is 0 Å². The lowest BCUT2D eigenvalue weighted by molar-refractivity contribution is 0.00578. The molecule has 5 aromatic carbocycles. The molecule has 0 radical (unpaired) electrons. The molecule has 0 unspecified atom stereocenters. The molecule has 1 aliphatic heterocycles. The van der Waals surface area contributed by atoms with Gasteiger partial charge in [0.25, 0.3) is 0 Å². The van der Waals surface area contributed by atoms with Crippen molar-refractivity contribution in [3.05, 3.63) is 121 Å². The summed E-state index contributed by atoms with van der Waals surface area (Å²) in [5.41, 5.74) is 7.57. The van der Waals surface area contributed by atoms with Gasteiger partial charge in [0.15, 0.2) is 17.5 Å². The fourth-order valence-electron chi connectivity index (χ4n) is 6.07. The van der Waals surface area contributed by atoms with Crippen LogP contribution in [0.2, 0.25) is 0 Å². The summed E-state index contributed by atoms with van der Waals surface area (Å²) >= 11 is 0. The van der Waals surface area contributed by atoms with Crippen molar-refractivity contribution in [1.82, 2.24) is 15.0 Å². The second-order valence-corrected chi connectivity index (χ2v) is 13.2. The van der Waals surface area contributed by atoms with Crippen molar-refractivity contribution in [3.8, 4) is 45.3 Å². The molecule has 8 rings (SSSR count). The van der Waals surface area contributed by atoms with Gasteiger partial charge in [0.2, 0.25) is 0 Å². The van der Waals surface area contributed by atoms with Crippen molar-refractivity contribution in [2.45, 2.75) is 45.8 Å². The Labute approximate surface area is 274 Å². The average molecular weight is 616 g/mol. The highest BCUT2D eigenvalue weighted by molar-refractivity contribution is 6.62. The summed E-state index contributed by atoms with van der Waals surface area (Å²) in [5.74, 6) is 1.67. The van der Waals surface area contributed by atoms with E-state index < -0.39 is 18.3 Å². The van der Waals surface area contributed by atoms with Crippen molar-refractivity contribution < 1.29 is 13.7 Å². The van der Waals surface area contributed by atoms with Gasteiger partial charge in [-0.15, -0.1) is 0 Å². The smallest absolute Gasteiger partial charge is 0.455 e. The summed E-state index contributed by atoms with van der Waals surface area (Å²) in [6.07, 6.45) is 0. The zero-order valence-corrected chi connectivity index (χ0v) is 27.1. The number of hydrogen-bond acceptors (Lipinski definition) is 6. The third kappa shape index (κ3) is 5.22. The van der Waals surface area contributed by atoms with Crippen LogP contribution >= 0.6 is 0 Å². The van der Waals surface area contributed by atoms with Gasteiger partial charge in [-0.05, 0) is 69.4 Å². The van der Waals surface area contributed by atoms with Crippen molar-refractivity contribution in [1.29, 1.82) is 0 Å². The van der Waals surface area contributed by atoms with Crippen molar-refractivity contribution >= 4 is 34.5 Å². The summed E-state index contributed by atoms with van der Waals surface area (Å²) in [7, 11) is -0.504. The Balaban J connectivity index is 1.29. The molecule has 3 heterocycles. The predicted octanol–water partition coefficient (Wildman–Crippen LogP) is 9.05. The maximum atomic E-state index is 6.41. The second-order valence-electron chi connectivity index (χ2n) is 13.2. The Morgan fingerprint density at radius 1 is 0.532 bits per heavy atom. The maximum Gasteiger partial charge on any atom is 0.494 e. The molecule has 0 aliphatic carbocycles. The van der Waals surface area contributed by atoms with Gasteiger partial charge in [-0.2, -0.15) is 0 Å². The fraction of sp³-hybridized carbons (Fsp3) is 0.175. The van der Waals surface area contributed by atoms with Crippen LogP contribution in [0.5, 0.6) is 0 Å². The average Bonchev–Trinajstić information content (AvgIpc) is 3.57. The van der Waals surface area contributed by atoms with Crippen LogP contribution in [0.3, 0.4) is 0 Å². The van der Waals surface area contributed by atoms with Gasteiger partial charge >= 0.3 is 7.12 Å². The maximum absolute atomic E-state index is 6.41. The monoisotopic (exact) mass is 615 g/mol. The van der Waals surface area contributed by atoms with Gasteiger partial charge in [0.05, 0.1) is 16.8 Å². The number of benzene rings is 5. The summed E-state index contributed by atoms with van der Waals surface area (Å²) in [5, 5.41) is 2.07. The Morgan fingerprint density at radius 2 is 1.13 bits per heavy atom. The second kappa shape index (κ2) is 11.0. The van der Waals surface area contributed by atoms with E-state index in [9.17, 15) is 0 Å².